The zero-order chi connectivity index (χ0) is 26.2. The van der Waals surface area contributed by atoms with Crippen LogP contribution in [0.2, 0.25) is 0 Å². The molecule has 0 saturated heterocycles. The molecule has 4 aromatic rings. The molecule has 0 radical (unpaired) electrons. The van der Waals surface area contributed by atoms with Gasteiger partial charge in [0.15, 0.2) is 0 Å². The lowest BCUT2D eigenvalue weighted by Gasteiger charge is -2.21. The Morgan fingerprint density at radius 1 is 0.811 bits per heavy atom. The number of halogens is 3. The third-order valence-electron chi connectivity index (χ3n) is 6.34. The predicted octanol–water partition coefficient (Wildman–Crippen LogP) is 7.23. The van der Waals surface area contributed by atoms with Crippen molar-refractivity contribution >= 4 is 23.0 Å². The van der Waals surface area contributed by atoms with Gasteiger partial charge in [-0.25, -0.2) is 4.79 Å². The second-order valence-electron chi connectivity index (χ2n) is 8.72. The number of alkyl halides is 3. The van der Waals surface area contributed by atoms with E-state index in [9.17, 15) is 28.2 Å². The molecule has 1 heterocycles. The third kappa shape index (κ3) is 4.81. The maximum atomic E-state index is 12.9. The van der Waals surface area contributed by atoms with Gasteiger partial charge in [-0.15, -0.1) is 0 Å². The van der Waals surface area contributed by atoms with Crippen LogP contribution in [0, 0.1) is 0 Å². The van der Waals surface area contributed by atoms with E-state index in [-0.39, 0.29) is 5.56 Å². The number of allylic oxidation sites excluding steroid dienone is 1. The molecule has 0 fully saturated rings. The lowest BCUT2D eigenvalue weighted by atomic mass is 9.89. The number of aliphatic imine (C=N–C) groups is 1. The molecule has 5 rings (SSSR count). The summed E-state index contributed by atoms with van der Waals surface area (Å²) in [6.07, 6.45) is 3.53. The average molecular weight is 499 g/mol. The molecular weight excluding hydrogens is 479 g/mol. The van der Waals surface area contributed by atoms with Gasteiger partial charge in [0.25, 0.3) is 0 Å². The fourth-order valence-corrected chi connectivity index (χ4v) is 4.37. The summed E-state index contributed by atoms with van der Waals surface area (Å²) in [5.74, 6) is -1.09. The van der Waals surface area contributed by atoms with E-state index in [0.717, 1.165) is 23.1 Å². The zero-order valence-corrected chi connectivity index (χ0v) is 19.3. The summed E-state index contributed by atoms with van der Waals surface area (Å²) in [7, 11) is 0. The first-order valence-corrected chi connectivity index (χ1v) is 11.3. The minimum atomic E-state index is -4.42. The zero-order valence-electron chi connectivity index (χ0n) is 19.3. The van der Waals surface area contributed by atoms with Crippen molar-refractivity contribution in [1.29, 1.82) is 0 Å². The van der Waals surface area contributed by atoms with E-state index in [1.165, 1.54) is 18.3 Å². The van der Waals surface area contributed by atoms with Crippen LogP contribution in [0.25, 0.3) is 33.0 Å². The Morgan fingerprint density at radius 3 is 2.16 bits per heavy atom. The normalized spacial score (nSPS) is 17.2. The molecule has 1 atom stereocenters. The van der Waals surface area contributed by atoms with E-state index in [2.05, 4.69) is 4.99 Å². The highest BCUT2D eigenvalue weighted by molar-refractivity contribution is 6.04. The number of carbonyl (C=O) groups is 1. The lowest BCUT2D eigenvalue weighted by molar-refractivity contribution is -0.137. The number of fused-ring (bicyclic) bond motifs is 1. The molecule has 0 bridgehead atoms. The second kappa shape index (κ2) is 9.19. The molecule has 0 aliphatic carbocycles. The van der Waals surface area contributed by atoms with E-state index in [1.54, 1.807) is 60.8 Å². The maximum absolute atomic E-state index is 12.9. The molecule has 37 heavy (non-hydrogen) atoms. The molecule has 4 nitrogen and oxygen atoms in total. The highest BCUT2D eigenvalue weighted by atomic mass is 19.4. The molecule has 2 N–H and O–H groups in total. The molecular formula is C30H20F3NO3. The molecule has 184 valence electrons. The number of carboxylic acid groups (broad SMARTS) is 1. The van der Waals surface area contributed by atoms with Crippen LogP contribution in [0.4, 0.5) is 13.2 Å². The van der Waals surface area contributed by atoms with Gasteiger partial charge >= 0.3 is 12.1 Å². The molecule has 4 aromatic carbocycles. The van der Waals surface area contributed by atoms with Gasteiger partial charge in [0.1, 0.15) is 5.60 Å². The number of aromatic carboxylic acids is 1. The SMILES string of the molecule is O=C(O)c1cc(-c2ccc(C3(O)C=CC=NC=C3)cc2)c2ccc(-c3ccc(C(F)(F)F)cc3)cc2c1. The van der Waals surface area contributed by atoms with Gasteiger partial charge in [0.2, 0.25) is 0 Å². The van der Waals surface area contributed by atoms with Crippen molar-refractivity contribution in [3.05, 3.63) is 120 Å². The Balaban J connectivity index is 1.57. The number of rotatable bonds is 4. The Hall–Kier alpha value is -4.49. The fraction of sp³-hybridized carbons (Fsp3) is 0.0667. The largest absolute Gasteiger partial charge is 0.478 e. The van der Waals surface area contributed by atoms with Gasteiger partial charge in [0, 0.05) is 12.4 Å². The van der Waals surface area contributed by atoms with Crippen LogP contribution < -0.4 is 0 Å². The number of benzene rings is 4. The molecule has 1 aliphatic heterocycles. The Bertz CT molecular complexity index is 1570. The van der Waals surface area contributed by atoms with Crippen LogP contribution in [-0.4, -0.2) is 22.4 Å². The van der Waals surface area contributed by atoms with E-state index in [1.807, 2.05) is 18.2 Å². The highest BCUT2D eigenvalue weighted by Crippen LogP contribution is 2.36. The average Bonchev–Trinajstić information content (AvgIpc) is 3.12. The Kier molecular flexibility index (Phi) is 6.01. The van der Waals surface area contributed by atoms with E-state index >= 15 is 0 Å². The first-order chi connectivity index (χ1) is 17.6. The van der Waals surface area contributed by atoms with Crippen molar-refractivity contribution in [1.82, 2.24) is 0 Å². The van der Waals surface area contributed by atoms with Crippen LogP contribution in [-0.2, 0) is 11.8 Å². The Labute approximate surface area is 210 Å². The molecule has 0 amide bonds. The van der Waals surface area contributed by atoms with Crippen LogP contribution in [0.3, 0.4) is 0 Å². The van der Waals surface area contributed by atoms with Crippen LogP contribution in [0.1, 0.15) is 21.5 Å². The summed E-state index contributed by atoms with van der Waals surface area (Å²) in [4.78, 5) is 15.9. The molecule has 1 aliphatic rings. The van der Waals surface area contributed by atoms with Crippen LogP contribution in [0.5, 0.6) is 0 Å². The molecule has 0 spiro atoms. The van der Waals surface area contributed by atoms with Gasteiger partial charge in [0.05, 0.1) is 11.1 Å². The standard InChI is InChI=1S/C30H20F3NO3/c31-30(32,33)25-9-2-19(3-10-25)21-6-11-26-22(16-21)17-23(28(35)36)18-27(26)20-4-7-24(8-5-20)29(37)12-1-14-34-15-13-29/h1-18,37H,(H,35,36). The third-order valence-corrected chi connectivity index (χ3v) is 6.34. The van der Waals surface area contributed by atoms with Crippen molar-refractivity contribution in [2.45, 2.75) is 11.8 Å². The maximum Gasteiger partial charge on any atom is 0.416 e. The van der Waals surface area contributed by atoms with Gasteiger partial charge in [-0.2, -0.15) is 13.2 Å². The minimum Gasteiger partial charge on any atom is -0.478 e. The second-order valence-corrected chi connectivity index (χ2v) is 8.72. The number of hydrogen-bond acceptors (Lipinski definition) is 3. The summed E-state index contributed by atoms with van der Waals surface area (Å²) >= 11 is 0. The predicted molar refractivity (Wildman–Crippen MR) is 137 cm³/mol. The van der Waals surface area contributed by atoms with E-state index in [0.29, 0.717) is 27.6 Å². The van der Waals surface area contributed by atoms with Crippen molar-refractivity contribution in [2.75, 3.05) is 0 Å². The number of nitrogens with zero attached hydrogens (tertiary/aromatic N) is 1. The number of hydrogen-bond donors (Lipinski definition) is 2. The quantitative estimate of drug-likeness (QED) is 0.311. The summed E-state index contributed by atoms with van der Waals surface area (Å²) in [5, 5.41) is 22.1. The summed E-state index contributed by atoms with van der Waals surface area (Å²) < 4.78 is 38.8. The summed E-state index contributed by atoms with van der Waals surface area (Å²) in [6, 6.07) is 20.5. The van der Waals surface area contributed by atoms with E-state index in [4.69, 9.17) is 0 Å². The van der Waals surface area contributed by atoms with Gasteiger partial charge < -0.3 is 10.2 Å². The molecule has 7 heteroatoms. The first kappa shape index (κ1) is 24.2. The Morgan fingerprint density at radius 2 is 1.49 bits per heavy atom. The molecule has 0 aromatic heterocycles. The molecule has 1 unspecified atom stereocenters. The minimum absolute atomic E-state index is 0.0848. The summed E-state index contributed by atoms with van der Waals surface area (Å²) in [6.45, 7) is 0. The van der Waals surface area contributed by atoms with Crippen molar-refractivity contribution in [3.8, 4) is 22.3 Å². The fourth-order valence-electron chi connectivity index (χ4n) is 4.37. The van der Waals surface area contributed by atoms with Gasteiger partial charge in [-0.1, -0.05) is 48.5 Å². The highest BCUT2D eigenvalue weighted by Gasteiger charge is 2.30. The molecule has 0 saturated carbocycles. The lowest BCUT2D eigenvalue weighted by Crippen LogP contribution is -2.19. The van der Waals surface area contributed by atoms with Crippen LogP contribution >= 0.6 is 0 Å². The van der Waals surface area contributed by atoms with Gasteiger partial charge in [-0.3, -0.25) is 4.99 Å². The number of carboxylic acids is 1. The van der Waals surface area contributed by atoms with Crippen molar-refractivity contribution < 1.29 is 28.2 Å². The summed E-state index contributed by atoms with van der Waals surface area (Å²) in [5.41, 5.74) is 1.34. The van der Waals surface area contributed by atoms with Crippen LogP contribution in [0.15, 0.2) is 108 Å². The number of aliphatic hydroxyl groups is 1. The first-order valence-electron chi connectivity index (χ1n) is 11.3. The van der Waals surface area contributed by atoms with Crippen molar-refractivity contribution in [3.63, 3.8) is 0 Å². The van der Waals surface area contributed by atoms with E-state index < -0.39 is 23.3 Å². The monoisotopic (exact) mass is 499 g/mol. The smallest absolute Gasteiger partial charge is 0.416 e. The van der Waals surface area contributed by atoms with Crippen molar-refractivity contribution in [2.24, 2.45) is 4.99 Å². The topological polar surface area (TPSA) is 69.9 Å². The van der Waals surface area contributed by atoms with Gasteiger partial charge in [-0.05, 0) is 87.1 Å².